The van der Waals surface area contributed by atoms with Gasteiger partial charge in [-0.05, 0) is 18.6 Å². The van der Waals surface area contributed by atoms with E-state index in [2.05, 4.69) is 23.9 Å². The molecule has 1 atom stereocenters. The van der Waals surface area contributed by atoms with Gasteiger partial charge in [-0.25, -0.2) is 0 Å². The van der Waals surface area contributed by atoms with Crippen molar-refractivity contribution in [2.45, 2.75) is 13.0 Å². The molecule has 92 valence electrons. The van der Waals surface area contributed by atoms with Crippen molar-refractivity contribution in [1.82, 2.24) is 9.78 Å². The average molecular weight is 241 g/mol. The molecular weight excluding hydrogens is 226 g/mol. The van der Waals surface area contributed by atoms with Crippen molar-refractivity contribution in [3.05, 3.63) is 60.8 Å². The van der Waals surface area contributed by atoms with Crippen LogP contribution in [-0.4, -0.2) is 15.7 Å². The Kier molecular flexibility index (Phi) is 3.57. The maximum Gasteiger partial charge on any atom is 0.248 e. The van der Waals surface area contributed by atoms with Crippen molar-refractivity contribution in [2.24, 2.45) is 0 Å². The van der Waals surface area contributed by atoms with Gasteiger partial charge in [0.25, 0.3) is 0 Å². The molecule has 1 unspecified atom stereocenters. The number of aromatic nitrogens is 2. The first-order chi connectivity index (χ1) is 8.70. The lowest BCUT2D eigenvalue weighted by Gasteiger charge is -2.12. The number of carbonyl (C=O) groups is 1. The van der Waals surface area contributed by atoms with Crippen LogP contribution < -0.4 is 5.32 Å². The molecule has 4 nitrogen and oxygen atoms in total. The maximum atomic E-state index is 11.2. The van der Waals surface area contributed by atoms with Crippen LogP contribution in [0.1, 0.15) is 18.5 Å². The lowest BCUT2D eigenvalue weighted by molar-refractivity contribution is -0.111. The summed E-state index contributed by atoms with van der Waals surface area (Å²) in [7, 11) is 0. The van der Waals surface area contributed by atoms with E-state index < -0.39 is 0 Å². The van der Waals surface area contributed by atoms with Crippen molar-refractivity contribution < 1.29 is 4.79 Å². The quantitative estimate of drug-likeness (QED) is 0.836. The van der Waals surface area contributed by atoms with E-state index in [9.17, 15) is 4.79 Å². The van der Waals surface area contributed by atoms with E-state index in [4.69, 9.17) is 0 Å². The molecule has 2 aromatic rings. The van der Waals surface area contributed by atoms with E-state index in [1.54, 1.807) is 6.07 Å². The predicted molar refractivity (Wildman–Crippen MR) is 71.3 cm³/mol. The number of nitrogens with zero attached hydrogens (tertiary/aromatic N) is 2. The zero-order chi connectivity index (χ0) is 13.0. The van der Waals surface area contributed by atoms with Crippen molar-refractivity contribution in [3.63, 3.8) is 0 Å². The molecule has 0 aliphatic carbocycles. The van der Waals surface area contributed by atoms with Gasteiger partial charge in [0, 0.05) is 12.3 Å². The summed E-state index contributed by atoms with van der Waals surface area (Å²) in [6, 6.07) is 12.0. The number of benzene rings is 1. The first-order valence-electron chi connectivity index (χ1n) is 5.74. The zero-order valence-corrected chi connectivity index (χ0v) is 10.2. The summed E-state index contributed by atoms with van der Waals surface area (Å²) in [5, 5.41) is 6.94. The van der Waals surface area contributed by atoms with E-state index >= 15 is 0 Å². The molecule has 0 saturated carbocycles. The molecule has 0 bridgehead atoms. The van der Waals surface area contributed by atoms with Crippen molar-refractivity contribution in [3.8, 4) is 0 Å². The molecule has 4 heteroatoms. The lowest BCUT2D eigenvalue weighted by atomic mass is 10.1. The Labute approximate surface area is 106 Å². The van der Waals surface area contributed by atoms with Crippen LogP contribution in [0.15, 0.2) is 55.3 Å². The van der Waals surface area contributed by atoms with E-state index in [1.165, 1.54) is 11.6 Å². The summed E-state index contributed by atoms with van der Waals surface area (Å²) in [4.78, 5) is 11.2. The second kappa shape index (κ2) is 5.31. The molecular formula is C14H15N3O. The van der Waals surface area contributed by atoms with Crippen LogP contribution in [0.2, 0.25) is 0 Å². The van der Waals surface area contributed by atoms with Crippen LogP contribution in [0.25, 0.3) is 0 Å². The summed E-state index contributed by atoms with van der Waals surface area (Å²) in [5.74, 6) is 0.273. The van der Waals surface area contributed by atoms with E-state index in [0.717, 1.165) is 0 Å². The predicted octanol–water partition coefficient (Wildman–Crippen LogP) is 2.62. The van der Waals surface area contributed by atoms with Gasteiger partial charge >= 0.3 is 0 Å². The molecule has 0 aliphatic rings. The van der Waals surface area contributed by atoms with Gasteiger partial charge in [-0.3, -0.25) is 9.48 Å². The third-order valence-electron chi connectivity index (χ3n) is 2.72. The van der Waals surface area contributed by atoms with Gasteiger partial charge in [-0.1, -0.05) is 36.9 Å². The Morgan fingerprint density at radius 3 is 2.78 bits per heavy atom. The zero-order valence-electron chi connectivity index (χ0n) is 10.2. The SMILES string of the molecule is C=CC(=O)Nc1ccn(C(C)c2ccccc2)n1. The summed E-state index contributed by atoms with van der Waals surface area (Å²) < 4.78 is 1.81. The van der Waals surface area contributed by atoms with Crippen LogP contribution in [0, 0.1) is 0 Å². The highest BCUT2D eigenvalue weighted by Crippen LogP contribution is 2.17. The fraction of sp³-hybridized carbons (Fsp3) is 0.143. The van der Waals surface area contributed by atoms with Gasteiger partial charge in [0.05, 0.1) is 6.04 Å². The molecule has 1 heterocycles. The van der Waals surface area contributed by atoms with Gasteiger partial charge in [0.15, 0.2) is 5.82 Å². The molecule has 1 amide bonds. The van der Waals surface area contributed by atoms with Gasteiger partial charge in [0.2, 0.25) is 5.91 Å². The average Bonchev–Trinajstić information content (AvgIpc) is 2.87. The second-order valence-corrected chi connectivity index (χ2v) is 3.96. The number of anilines is 1. The van der Waals surface area contributed by atoms with E-state index in [1.807, 2.05) is 41.2 Å². The highest BCUT2D eigenvalue weighted by Gasteiger charge is 2.09. The highest BCUT2D eigenvalue weighted by molar-refractivity contribution is 5.98. The molecule has 1 N–H and O–H groups in total. The Morgan fingerprint density at radius 1 is 1.39 bits per heavy atom. The number of nitrogens with one attached hydrogen (secondary N) is 1. The van der Waals surface area contributed by atoms with Crippen LogP contribution in [0.3, 0.4) is 0 Å². The van der Waals surface area contributed by atoms with Crippen LogP contribution in [0.5, 0.6) is 0 Å². The normalized spacial score (nSPS) is 11.8. The van der Waals surface area contributed by atoms with Crippen LogP contribution >= 0.6 is 0 Å². The van der Waals surface area contributed by atoms with Crippen LogP contribution in [-0.2, 0) is 4.79 Å². The Bertz CT molecular complexity index is 545. The standard InChI is InChI=1S/C14H15N3O/c1-3-14(18)15-13-9-10-17(16-13)11(2)12-7-5-4-6-8-12/h3-11H,1H2,2H3,(H,15,16,18). The minimum atomic E-state index is -0.257. The van der Waals surface area contributed by atoms with E-state index in [-0.39, 0.29) is 11.9 Å². The fourth-order valence-electron chi connectivity index (χ4n) is 1.68. The van der Waals surface area contributed by atoms with Gasteiger partial charge < -0.3 is 5.32 Å². The Hall–Kier alpha value is -2.36. The molecule has 1 aromatic carbocycles. The second-order valence-electron chi connectivity index (χ2n) is 3.96. The number of carbonyl (C=O) groups excluding carboxylic acids is 1. The fourth-order valence-corrected chi connectivity index (χ4v) is 1.68. The number of amides is 1. The largest absolute Gasteiger partial charge is 0.306 e. The summed E-state index contributed by atoms with van der Waals surface area (Å²) in [6.45, 7) is 5.46. The molecule has 0 saturated heterocycles. The molecule has 2 rings (SSSR count). The molecule has 0 radical (unpaired) electrons. The smallest absolute Gasteiger partial charge is 0.248 e. The molecule has 18 heavy (non-hydrogen) atoms. The Morgan fingerprint density at radius 2 is 2.11 bits per heavy atom. The third-order valence-corrected chi connectivity index (χ3v) is 2.72. The minimum Gasteiger partial charge on any atom is -0.306 e. The molecule has 1 aromatic heterocycles. The highest BCUT2D eigenvalue weighted by atomic mass is 16.1. The van der Waals surface area contributed by atoms with Crippen molar-refractivity contribution >= 4 is 11.7 Å². The first kappa shape index (κ1) is 12.1. The summed E-state index contributed by atoms with van der Waals surface area (Å²) in [6.07, 6.45) is 3.07. The summed E-state index contributed by atoms with van der Waals surface area (Å²) in [5.41, 5.74) is 1.17. The van der Waals surface area contributed by atoms with Crippen molar-refractivity contribution in [1.29, 1.82) is 0 Å². The molecule has 0 fully saturated rings. The van der Waals surface area contributed by atoms with Crippen molar-refractivity contribution in [2.75, 3.05) is 5.32 Å². The summed E-state index contributed by atoms with van der Waals surface area (Å²) >= 11 is 0. The Balaban J connectivity index is 2.15. The number of rotatable bonds is 4. The minimum absolute atomic E-state index is 0.126. The third kappa shape index (κ3) is 2.66. The van der Waals surface area contributed by atoms with Crippen LogP contribution in [0.4, 0.5) is 5.82 Å². The molecule has 0 aliphatic heterocycles. The van der Waals surface area contributed by atoms with E-state index in [0.29, 0.717) is 5.82 Å². The monoisotopic (exact) mass is 241 g/mol. The van der Waals surface area contributed by atoms with Gasteiger partial charge in [0.1, 0.15) is 0 Å². The number of hydrogen-bond donors (Lipinski definition) is 1. The van der Waals surface area contributed by atoms with Gasteiger partial charge in [-0.15, -0.1) is 0 Å². The maximum absolute atomic E-state index is 11.2. The topological polar surface area (TPSA) is 46.9 Å². The molecule has 0 spiro atoms. The van der Waals surface area contributed by atoms with Gasteiger partial charge in [-0.2, -0.15) is 5.10 Å². The lowest BCUT2D eigenvalue weighted by Crippen LogP contribution is -2.11. The number of hydrogen-bond acceptors (Lipinski definition) is 2. The first-order valence-corrected chi connectivity index (χ1v) is 5.74.